The average molecular weight is 324 g/mol. The highest BCUT2D eigenvalue weighted by Gasteiger charge is 2.29. The van der Waals surface area contributed by atoms with Gasteiger partial charge in [-0.2, -0.15) is 13.2 Å². The second-order valence-electron chi connectivity index (χ2n) is 4.74. The van der Waals surface area contributed by atoms with Gasteiger partial charge in [-0.05, 0) is 32.2 Å². The van der Waals surface area contributed by atoms with Gasteiger partial charge < -0.3 is 11.1 Å². The van der Waals surface area contributed by atoms with Crippen LogP contribution in [0.2, 0.25) is 5.02 Å². The number of carbonyl (C=O) groups excluding carboxylic acids is 1. The van der Waals surface area contributed by atoms with Crippen LogP contribution in [-0.2, 0) is 4.79 Å². The lowest BCUT2D eigenvalue weighted by atomic mass is 10.2. The minimum Gasteiger partial charge on any atom is -0.397 e. The van der Waals surface area contributed by atoms with E-state index >= 15 is 0 Å². The number of alkyl halides is 3. The van der Waals surface area contributed by atoms with Crippen molar-refractivity contribution in [2.24, 2.45) is 0 Å². The molecule has 0 saturated heterocycles. The van der Waals surface area contributed by atoms with Gasteiger partial charge in [0.1, 0.15) is 0 Å². The molecule has 1 aromatic carbocycles. The van der Waals surface area contributed by atoms with Crippen LogP contribution in [0, 0.1) is 0 Å². The molecule has 4 nitrogen and oxygen atoms in total. The maximum Gasteiger partial charge on any atom is 0.390 e. The number of carbonyl (C=O) groups is 1. The summed E-state index contributed by atoms with van der Waals surface area (Å²) >= 11 is 5.80. The van der Waals surface area contributed by atoms with Crippen LogP contribution >= 0.6 is 11.6 Å². The standard InChI is InChI=1S/C13H17ClF3N3O/c1-8(20(2)6-5-13(15,16)17)12(21)19-11-7-9(14)3-4-10(11)18/h3-4,7-8H,5-6,18H2,1-2H3,(H,19,21). The number of nitrogens with two attached hydrogens (primary N) is 1. The second-order valence-corrected chi connectivity index (χ2v) is 5.18. The fraction of sp³-hybridized carbons (Fsp3) is 0.462. The van der Waals surface area contributed by atoms with Crippen LogP contribution in [0.5, 0.6) is 0 Å². The molecule has 0 radical (unpaired) electrons. The van der Waals surface area contributed by atoms with Crippen LogP contribution in [0.3, 0.4) is 0 Å². The highest BCUT2D eigenvalue weighted by molar-refractivity contribution is 6.31. The summed E-state index contributed by atoms with van der Waals surface area (Å²) in [7, 11) is 1.46. The molecule has 0 heterocycles. The van der Waals surface area contributed by atoms with Crippen LogP contribution in [-0.4, -0.2) is 36.6 Å². The molecule has 0 bridgehead atoms. The normalized spacial score (nSPS) is 13.3. The predicted molar refractivity (Wildman–Crippen MR) is 77.3 cm³/mol. The van der Waals surface area contributed by atoms with Crippen molar-refractivity contribution < 1.29 is 18.0 Å². The van der Waals surface area contributed by atoms with E-state index in [9.17, 15) is 18.0 Å². The Balaban J connectivity index is 2.64. The van der Waals surface area contributed by atoms with E-state index in [1.807, 2.05) is 0 Å². The molecular formula is C13H17ClF3N3O. The average Bonchev–Trinajstić information content (AvgIpc) is 2.38. The number of nitrogen functional groups attached to an aromatic ring is 1. The van der Waals surface area contributed by atoms with Crippen molar-refractivity contribution in [1.29, 1.82) is 0 Å². The Morgan fingerprint density at radius 3 is 2.67 bits per heavy atom. The van der Waals surface area contributed by atoms with Crippen molar-refractivity contribution in [2.75, 3.05) is 24.6 Å². The third-order valence-electron chi connectivity index (χ3n) is 3.06. The van der Waals surface area contributed by atoms with E-state index < -0.39 is 24.5 Å². The summed E-state index contributed by atoms with van der Waals surface area (Å²) in [5.74, 6) is -0.450. The molecule has 3 N–H and O–H groups in total. The molecule has 0 aliphatic heterocycles. The van der Waals surface area contributed by atoms with Crippen molar-refractivity contribution in [3.63, 3.8) is 0 Å². The van der Waals surface area contributed by atoms with E-state index in [4.69, 9.17) is 17.3 Å². The van der Waals surface area contributed by atoms with E-state index in [-0.39, 0.29) is 6.54 Å². The molecular weight excluding hydrogens is 307 g/mol. The highest BCUT2D eigenvalue weighted by atomic mass is 35.5. The smallest absolute Gasteiger partial charge is 0.390 e. The molecule has 1 amide bonds. The lowest BCUT2D eigenvalue weighted by molar-refractivity contribution is -0.140. The molecule has 0 saturated carbocycles. The number of amides is 1. The predicted octanol–water partition coefficient (Wildman–Crippen LogP) is 3.13. The first-order valence-electron chi connectivity index (χ1n) is 6.23. The number of benzene rings is 1. The van der Waals surface area contributed by atoms with Gasteiger partial charge in [-0.25, -0.2) is 0 Å². The number of anilines is 2. The fourth-order valence-corrected chi connectivity index (χ4v) is 1.74. The van der Waals surface area contributed by atoms with Gasteiger partial charge in [0.15, 0.2) is 0 Å². The number of hydrogen-bond acceptors (Lipinski definition) is 3. The summed E-state index contributed by atoms with van der Waals surface area (Å²) in [6, 6.07) is 3.87. The van der Waals surface area contributed by atoms with E-state index in [0.717, 1.165) is 0 Å². The number of halogens is 4. The van der Waals surface area contributed by atoms with Crippen molar-refractivity contribution in [3.8, 4) is 0 Å². The number of hydrogen-bond donors (Lipinski definition) is 2. The zero-order valence-electron chi connectivity index (χ0n) is 11.7. The van der Waals surface area contributed by atoms with Gasteiger partial charge >= 0.3 is 6.18 Å². The summed E-state index contributed by atoms with van der Waals surface area (Å²) in [5.41, 5.74) is 6.36. The lowest BCUT2D eigenvalue weighted by Crippen LogP contribution is -2.41. The Morgan fingerprint density at radius 1 is 1.48 bits per heavy atom. The number of nitrogens with one attached hydrogen (secondary N) is 1. The van der Waals surface area contributed by atoms with Crippen LogP contribution in [0.4, 0.5) is 24.5 Å². The molecule has 1 aromatic rings. The van der Waals surface area contributed by atoms with Gasteiger partial charge in [0.25, 0.3) is 0 Å². The summed E-state index contributed by atoms with van der Waals surface area (Å²) in [6.45, 7) is 1.26. The molecule has 1 unspecified atom stereocenters. The maximum absolute atomic E-state index is 12.2. The Bertz CT molecular complexity index is 508. The number of rotatable bonds is 5. The van der Waals surface area contributed by atoms with Crippen molar-refractivity contribution in [1.82, 2.24) is 4.90 Å². The van der Waals surface area contributed by atoms with Gasteiger partial charge in [0, 0.05) is 11.6 Å². The molecule has 0 fully saturated rings. The van der Waals surface area contributed by atoms with E-state index in [2.05, 4.69) is 5.32 Å². The van der Waals surface area contributed by atoms with Crippen LogP contribution in [0.1, 0.15) is 13.3 Å². The van der Waals surface area contributed by atoms with Crippen LogP contribution < -0.4 is 11.1 Å². The Labute approximate surface area is 126 Å². The number of likely N-dealkylation sites (N-methyl/N-ethyl adjacent to an activating group) is 1. The monoisotopic (exact) mass is 323 g/mol. The van der Waals surface area contributed by atoms with Gasteiger partial charge in [0.2, 0.25) is 5.91 Å². The van der Waals surface area contributed by atoms with Crippen LogP contribution in [0.15, 0.2) is 18.2 Å². The molecule has 0 spiro atoms. The fourth-order valence-electron chi connectivity index (χ4n) is 1.57. The third kappa shape index (κ3) is 5.81. The molecule has 0 aromatic heterocycles. The van der Waals surface area contributed by atoms with E-state index in [0.29, 0.717) is 16.4 Å². The minimum absolute atomic E-state index is 0.261. The van der Waals surface area contributed by atoms with Crippen LogP contribution in [0.25, 0.3) is 0 Å². The first kappa shape index (κ1) is 17.6. The molecule has 0 aliphatic carbocycles. The van der Waals surface area contributed by atoms with Crippen molar-refractivity contribution >= 4 is 28.9 Å². The molecule has 21 heavy (non-hydrogen) atoms. The second kappa shape index (κ2) is 7.00. The first-order valence-corrected chi connectivity index (χ1v) is 6.61. The van der Waals surface area contributed by atoms with Gasteiger partial charge in [0.05, 0.1) is 23.8 Å². The van der Waals surface area contributed by atoms with Gasteiger partial charge in [-0.3, -0.25) is 9.69 Å². The quantitative estimate of drug-likeness (QED) is 0.818. The molecule has 0 aliphatic rings. The summed E-state index contributed by atoms with van der Waals surface area (Å²) in [4.78, 5) is 13.3. The molecule has 1 atom stereocenters. The Hall–Kier alpha value is -1.47. The topological polar surface area (TPSA) is 58.4 Å². The van der Waals surface area contributed by atoms with Gasteiger partial charge in [-0.1, -0.05) is 11.6 Å². The Kier molecular flexibility index (Phi) is 5.86. The largest absolute Gasteiger partial charge is 0.397 e. The summed E-state index contributed by atoms with van der Waals surface area (Å²) in [5, 5.41) is 2.96. The van der Waals surface area contributed by atoms with E-state index in [1.165, 1.54) is 31.0 Å². The van der Waals surface area contributed by atoms with Crippen molar-refractivity contribution in [2.45, 2.75) is 25.6 Å². The lowest BCUT2D eigenvalue weighted by Gasteiger charge is -2.24. The van der Waals surface area contributed by atoms with E-state index in [1.54, 1.807) is 6.07 Å². The molecule has 8 heteroatoms. The zero-order chi connectivity index (χ0) is 16.2. The maximum atomic E-state index is 12.2. The molecule has 1 rings (SSSR count). The summed E-state index contributed by atoms with van der Waals surface area (Å²) in [6.07, 6.45) is -5.22. The summed E-state index contributed by atoms with van der Waals surface area (Å²) < 4.78 is 36.5. The third-order valence-corrected chi connectivity index (χ3v) is 3.30. The highest BCUT2D eigenvalue weighted by Crippen LogP contribution is 2.23. The SMILES string of the molecule is CC(C(=O)Nc1cc(Cl)ccc1N)N(C)CCC(F)(F)F. The first-order chi connectivity index (χ1) is 9.60. The Morgan fingerprint density at radius 2 is 2.10 bits per heavy atom. The minimum atomic E-state index is -4.25. The number of nitrogens with zero attached hydrogens (tertiary/aromatic N) is 1. The van der Waals surface area contributed by atoms with Crippen molar-refractivity contribution in [3.05, 3.63) is 23.2 Å². The zero-order valence-corrected chi connectivity index (χ0v) is 12.4. The van der Waals surface area contributed by atoms with Gasteiger partial charge in [-0.15, -0.1) is 0 Å². The molecule has 118 valence electrons.